The normalized spacial score (nSPS) is 10.7. The number of hydrogen-bond donors (Lipinski definition) is 2. The average molecular weight is 234 g/mol. The van der Waals surface area contributed by atoms with Crippen molar-refractivity contribution in [3.63, 3.8) is 0 Å². The number of phenols is 2. The predicted molar refractivity (Wildman–Crippen MR) is 60.6 cm³/mol. The first kappa shape index (κ1) is 11.2. The molecule has 5 nitrogen and oxygen atoms in total. The van der Waals surface area contributed by atoms with Crippen LogP contribution in [-0.4, -0.2) is 16.0 Å². The zero-order valence-corrected chi connectivity index (χ0v) is 9.27. The monoisotopic (exact) mass is 234 g/mol. The quantitative estimate of drug-likeness (QED) is 0.733. The maximum absolute atomic E-state index is 12.0. The fourth-order valence-electron chi connectivity index (χ4n) is 1.80. The van der Waals surface area contributed by atoms with Crippen LogP contribution in [-0.2, 0) is 0 Å². The molecule has 17 heavy (non-hydrogen) atoms. The number of aromatic hydroxyl groups is 2. The molecular weight excluding hydrogens is 224 g/mol. The van der Waals surface area contributed by atoms with Crippen LogP contribution < -0.4 is 5.43 Å². The fourth-order valence-corrected chi connectivity index (χ4v) is 1.80. The molecule has 0 spiro atoms. The van der Waals surface area contributed by atoms with E-state index in [2.05, 4.69) is 0 Å². The summed E-state index contributed by atoms with van der Waals surface area (Å²) in [5, 5.41) is 18.8. The minimum absolute atomic E-state index is 0.0509. The highest BCUT2D eigenvalue weighted by atomic mass is 16.3. The Morgan fingerprint density at radius 3 is 2.53 bits per heavy atom. The van der Waals surface area contributed by atoms with E-state index in [1.807, 2.05) is 0 Å². The largest absolute Gasteiger partial charge is 0.508 e. The van der Waals surface area contributed by atoms with Crippen molar-refractivity contribution < 1.29 is 19.4 Å². The lowest BCUT2D eigenvalue weighted by molar-refractivity contribution is 0.101. The van der Waals surface area contributed by atoms with Gasteiger partial charge in [0.2, 0.25) is 5.43 Å². The third-order valence-corrected chi connectivity index (χ3v) is 2.49. The Balaban J connectivity index is 3.03. The molecule has 2 rings (SSSR count). The van der Waals surface area contributed by atoms with Crippen molar-refractivity contribution in [1.82, 2.24) is 0 Å². The van der Waals surface area contributed by atoms with E-state index in [1.54, 1.807) is 0 Å². The second-order valence-electron chi connectivity index (χ2n) is 3.76. The highest BCUT2D eigenvalue weighted by molar-refractivity contribution is 5.98. The van der Waals surface area contributed by atoms with Crippen LogP contribution in [0.2, 0.25) is 0 Å². The summed E-state index contributed by atoms with van der Waals surface area (Å²) in [5.41, 5.74) is -0.623. The van der Waals surface area contributed by atoms with Gasteiger partial charge >= 0.3 is 0 Å². The van der Waals surface area contributed by atoms with Gasteiger partial charge in [-0.1, -0.05) is 0 Å². The molecule has 0 atom stereocenters. The number of ketones is 1. The van der Waals surface area contributed by atoms with Gasteiger partial charge in [-0.2, -0.15) is 0 Å². The highest BCUT2D eigenvalue weighted by Crippen LogP contribution is 2.28. The summed E-state index contributed by atoms with van der Waals surface area (Å²) in [5.74, 6) is -0.880. The molecule has 1 aromatic carbocycles. The molecule has 2 N–H and O–H groups in total. The Morgan fingerprint density at radius 2 is 1.94 bits per heavy atom. The van der Waals surface area contributed by atoms with Crippen molar-refractivity contribution in [2.24, 2.45) is 0 Å². The maximum atomic E-state index is 12.0. The van der Waals surface area contributed by atoms with Crippen LogP contribution in [0.1, 0.15) is 23.0 Å². The molecule has 5 heteroatoms. The standard InChI is InChI=1S/C12H10O5/c1-5(13)10-6(2)17-9-4-7(14)3-8(15)11(9)12(10)16/h3-4,14-15H,1-2H3. The van der Waals surface area contributed by atoms with E-state index >= 15 is 0 Å². The molecular formula is C12H10O5. The molecule has 0 amide bonds. The molecule has 0 bridgehead atoms. The van der Waals surface area contributed by atoms with E-state index in [4.69, 9.17) is 4.42 Å². The van der Waals surface area contributed by atoms with Crippen LogP contribution in [0.5, 0.6) is 11.5 Å². The van der Waals surface area contributed by atoms with Gasteiger partial charge in [0.25, 0.3) is 0 Å². The van der Waals surface area contributed by atoms with E-state index in [-0.39, 0.29) is 28.0 Å². The number of hydrogen-bond acceptors (Lipinski definition) is 5. The molecule has 88 valence electrons. The lowest BCUT2D eigenvalue weighted by atomic mass is 10.1. The summed E-state index contributed by atoms with van der Waals surface area (Å²) in [6.07, 6.45) is 0. The number of fused-ring (bicyclic) bond motifs is 1. The number of carbonyl (C=O) groups excluding carboxylic acids is 1. The highest BCUT2D eigenvalue weighted by Gasteiger charge is 2.18. The Hall–Kier alpha value is -2.30. The van der Waals surface area contributed by atoms with Gasteiger partial charge in [-0.25, -0.2) is 0 Å². The molecule has 0 unspecified atom stereocenters. The Kier molecular flexibility index (Phi) is 2.38. The smallest absolute Gasteiger partial charge is 0.207 e. The first-order valence-corrected chi connectivity index (χ1v) is 4.92. The molecule has 2 aromatic rings. The zero-order chi connectivity index (χ0) is 12.7. The number of phenolic OH excluding ortho intramolecular Hbond substituents is 2. The van der Waals surface area contributed by atoms with Crippen molar-refractivity contribution in [3.05, 3.63) is 33.7 Å². The van der Waals surface area contributed by atoms with Gasteiger partial charge in [0.05, 0.1) is 0 Å². The second-order valence-corrected chi connectivity index (χ2v) is 3.76. The first-order chi connectivity index (χ1) is 7.91. The van der Waals surface area contributed by atoms with Crippen LogP contribution in [0.25, 0.3) is 11.0 Å². The van der Waals surface area contributed by atoms with Gasteiger partial charge < -0.3 is 14.6 Å². The summed E-state index contributed by atoms with van der Waals surface area (Å²) in [4.78, 5) is 23.3. The molecule has 0 saturated carbocycles. The summed E-state index contributed by atoms with van der Waals surface area (Å²) in [7, 11) is 0. The maximum Gasteiger partial charge on any atom is 0.207 e. The average Bonchev–Trinajstić information content (AvgIpc) is 2.13. The molecule has 0 saturated heterocycles. The van der Waals surface area contributed by atoms with E-state index < -0.39 is 17.0 Å². The van der Waals surface area contributed by atoms with Crippen molar-refractivity contribution >= 4 is 16.8 Å². The summed E-state index contributed by atoms with van der Waals surface area (Å²) >= 11 is 0. The van der Waals surface area contributed by atoms with Crippen LogP contribution in [0.15, 0.2) is 21.3 Å². The van der Waals surface area contributed by atoms with E-state index in [0.717, 1.165) is 6.07 Å². The molecule has 0 fully saturated rings. The van der Waals surface area contributed by atoms with Crippen molar-refractivity contribution in [3.8, 4) is 11.5 Å². The van der Waals surface area contributed by atoms with Crippen molar-refractivity contribution in [1.29, 1.82) is 0 Å². The summed E-state index contributed by atoms with van der Waals surface area (Å²) in [6, 6.07) is 2.24. The zero-order valence-electron chi connectivity index (χ0n) is 9.27. The van der Waals surface area contributed by atoms with E-state index in [1.165, 1.54) is 19.9 Å². The third-order valence-electron chi connectivity index (χ3n) is 2.49. The predicted octanol–water partition coefficient (Wildman–Crippen LogP) is 1.72. The number of carbonyl (C=O) groups is 1. The lowest BCUT2D eigenvalue weighted by Crippen LogP contribution is -2.15. The second kappa shape index (κ2) is 3.62. The SMILES string of the molecule is CC(=O)c1c(C)oc2cc(O)cc(O)c2c1=O. The van der Waals surface area contributed by atoms with Crippen molar-refractivity contribution in [2.75, 3.05) is 0 Å². The third kappa shape index (κ3) is 1.65. The van der Waals surface area contributed by atoms with Gasteiger partial charge in [-0.15, -0.1) is 0 Å². The van der Waals surface area contributed by atoms with Crippen LogP contribution in [0, 0.1) is 6.92 Å². The van der Waals surface area contributed by atoms with Gasteiger partial charge in [-0.05, 0) is 13.8 Å². The first-order valence-electron chi connectivity index (χ1n) is 4.92. The molecule has 0 aliphatic rings. The van der Waals surface area contributed by atoms with Gasteiger partial charge in [0, 0.05) is 12.1 Å². The molecule has 1 heterocycles. The number of aryl methyl sites for hydroxylation is 1. The summed E-state index contributed by atoms with van der Waals surface area (Å²) in [6.45, 7) is 2.74. The topological polar surface area (TPSA) is 87.7 Å². The Morgan fingerprint density at radius 1 is 1.29 bits per heavy atom. The number of Topliss-reactive ketones (excluding diaryl/α,β-unsaturated/α-hetero) is 1. The molecule has 0 aliphatic carbocycles. The van der Waals surface area contributed by atoms with Gasteiger partial charge in [-0.3, -0.25) is 9.59 Å². The number of rotatable bonds is 1. The van der Waals surface area contributed by atoms with Crippen LogP contribution in [0.3, 0.4) is 0 Å². The van der Waals surface area contributed by atoms with E-state index in [9.17, 15) is 19.8 Å². The van der Waals surface area contributed by atoms with E-state index in [0.29, 0.717) is 0 Å². The molecule has 0 radical (unpaired) electrons. The molecule has 1 aromatic heterocycles. The van der Waals surface area contributed by atoms with Crippen molar-refractivity contribution in [2.45, 2.75) is 13.8 Å². The Bertz CT molecular complexity index is 681. The fraction of sp³-hybridized carbons (Fsp3) is 0.167. The minimum atomic E-state index is -0.589. The Labute approximate surface area is 95.9 Å². The van der Waals surface area contributed by atoms with Gasteiger partial charge in [0.15, 0.2) is 5.78 Å². The van der Waals surface area contributed by atoms with Gasteiger partial charge in [0.1, 0.15) is 33.8 Å². The minimum Gasteiger partial charge on any atom is -0.508 e. The summed E-state index contributed by atoms with van der Waals surface area (Å²) < 4.78 is 5.26. The lowest BCUT2D eigenvalue weighted by Gasteiger charge is -2.05. The van der Waals surface area contributed by atoms with Crippen LogP contribution in [0.4, 0.5) is 0 Å². The molecule has 0 aliphatic heterocycles. The number of benzene rings is 1. The van der Waals surface area contributed by atoms with Crippen LogP contribution >= 0.6 is 0 Å².